The van der Waals surface area contributed by atoms with Crippen molar-refractivity contribution in [1.82, 2.24) is 9.55 Å². The Kier molecular flexibility index (Phi) is 6.29. The highest BCUT2D eigenvalue weighted by molar-refractivity contribution is 6.30. The third-order valence-corrected chi connectivity index (χ3v) is 6.48. The van der Waals surface area contributed by atoms with Crippen LogP contribution in [0.15, 0.2) is 24.3 Å². The standard InChI is InChI=1S/C26H31ClN2O4/c1-14-16(3)29(11-17-12-32-13-17)24-20(14)22(18-7-9-19(27)10-8-18)21(15(2)28-24)23(25(30)31)33-26(4,5)6/h7-10,17,23H,11-13H2,1-6H3,(H,30,31)/t23-/m0/s1. The third kappa shape index (κ3) is 4.52. The molecule has 0 radical (unpaired) electrons. The average molecular weight is 471 g/mol. The number of nitrogens with zero attached hydrogens (tertiary/aromatic N) is 2. The number of aromatic nitrogens is 2. The summed E-state index contributed by atoms with van der Waals surface area (Å²) in [5, 5.41) is 11.8. The molecule has 1 atom stereocenters. The lowest BCUT2D eigenvalue weighted by atomic mass is 9.91. The topological polar surface area (TPSA) is 73.6 Å². The van der Waals surface area contributed by atoms with E-state index in [2.05, 4.69) is 18.4 Å². The van der Waals surface area contributed by atoms with Gasteiger partial charge in [-0.25, -0.2) is 9.78 Å². The number of hydrogen-bond acceptors (Lipinski definition) is 4. The number of carboxylic acid groups (broad SMARTS) is 1. The maximum absolute atomic E-state index is 12.5. The summed E-state index contributed by atoms with van der Waals surface area (Å²) in [7, 11) is 0. The lowest BCUT2D eigenvalue weighted by Gasteiger charge is -2.28. The van der Waals surface area contributed by atoms with E-state index in [0.717, 1.165) is 53.2 Å². The van der Waals surface area contributed by atoms with Gasteiger partial charge in [0.05, 0.1) is 18.8 Å². The molecule has 176 valence electrons. The van der Waals surface area contributed by atoms with Crippen LogP contribution >= 0.6 is 11.6 Å². The van der Waals surface area contributed by atoms with Gasteiger partial charge in [0.15, 0.2) is 6.10 Å². The van der Waals surface area contributed by atoms with Gasteiger partial charge in [0, 0.05) is 45.4 Å². The van der Waals surface area contributed by atoms with Crippen molar-refractivity contribution in [2.45, 2.75) is 59.8 Å². The van der Waals surface area contributed by atoms with Crippen LogP contribution in [0.2, 0.25) is 5.02 Å². The highest BCUT2D eigenvalue weighted by Gasteiger charge is 2.34. The maximum Gasteiger partial charge on any atom is 0.337 e. The molecule has 1 fully saturated rings. The van der Waals surface area contributed by atoms with Gasteiger partial charge in [-0.3, -0.25) is 0 Å². The first-order chi connectivity index (χ1) is 15.5. The summed E-state index contributed by atoms with van der Waals surface area (Å²) < 4.78 is 13.7. The summed E-state index contributed by atoms with van der Waals surface area (Å²) in [5.41, 5.74) is 5.39. The van der Waals surface area contributed by atoms with Crippen LogP contribution in [0.25, 0.3) is 22.2 Å². The van der Waals surface area contributed by atoms with Gasteiger partial charge in [-0.15, -0.1) is 0 Å². The summed E-state index contributed by atoms with van der Waals surface area (Å²) in [6, 6.07) is 7.52. The Labute approximate surface area is 199 Å². The summed E-state index contributed by atoms with van der Waals surface area (Å²) in [5.74, 6) is -0.583. The molecule has 6 nitrogen and oxygen atoms in total. The first kappa shape index (κ1) is 23.7. The van der Waals surface area contributed by atoms with Crippen molar-refractivity contribution in [3.63, 3.8) is 0 Å². The second-order valence-corrected chi connectivity index (χ2v) is 10.3. The number of ether oxygens (including phenoxy) is 2. The summed E-state index contributed by atoms with van der Waals surface area (Å²) in [4.78, 5) is 17.4. The van der Waals surface area contributed by atoms with Crippen LogP contribution in [0, 0.1) is 26.7 Å². The van der Waals surface area contributed by atoms with Gasteiger partial charge in [-0.1, -0.05) is 23.7 Å². The van der Waals surface area contributed by atoms with Crippen LogP contribution in [0.5, 0.6) is 0 Å². The molecule has 1 aliphatic rings. The predicted molar refractivity (Wildman–Crippen MR) is 130 cm³/mol. The molecule has 3 heterocycles. The molecule has 1 aromatic carbocycles. The van der Waals surface area contributed by atoms with Crippen LogP contribution < -0.4 is 0 Å². The van der Waals surface area contributed by atoms with Gasteiger partial charge >= 0.3 is 5.97 Å². The Bertz CT molecular complexity index is 1200. The number of aryl methyl sites for hydroxylation is 2. The van der Waals surface area contributed by atoms with Crippen LogP contribution in [0.3, 0.4) is 0 Å². The van der Waals surface area contributed by atoms with E-state index in [4.69, 9.17) is 26.1 Å². The number of rotatable bonds is 6. The summed E-state index contributed by atoms with van der Waals surface area (Å²) in [6.45, 7) is 13.9. The van der Waals surface area contributed by atoms with Gasteiger partial charge in [-0.2, -0.15) is 0 Å². The van der Waals surface area contributed by atoms with Crippen LogP contribution in [-0.2, 0) is 20.8 Å². The molecule has 0 unspecified atom stereocenters. The van der Waals surface area contributed by atoms with Crippen molar-refractivity contribution in [2.75, 3.05) is 13.2 Å². The number of carboxylic acids is 1. The molecule has 0 saturated carbocycles. The highest BCUT2D eigenvalue weighted by Crippen LogP contribution is 2.42. The van der Waals surface area contributed by atoms with E-state index >= 15 is 0 Å². The van der Waals surface area contributed by atoms with Crippen molar-refractivity contribution in [3.05, 3.63) is 51.8 Å². The zero-order valence-electron chi connectivity index (χ0n) is 20.0. The fourth-order valence-electron chi connectivity index (χ4n) is 4.49. The van der Waals surface area contributed by atoms with Crippen LogP contribution in [0.4, 0.5) is 0 Å². The minimum Gasteiger partial charge on any atom is -0.479 e. The summed E-state index contributed by atoms with van der Waals surface area (Å²) >= 11 is 6.18. The Morgan fingerprint density at radius 2 is 1.88 bits per heavy atom. The van der Waals surface area contributed by atoms with E-state index < -0.39 is 17.7 Å². The average Bonchev–Trinajstić information content (AvgIpc) is 2.92. The summed E-state index contributed by atoms with van der Waals surface area (Å²) in [6.07, 6.45) is -1.16. The maximum atomic E-state index is 12.5. The molecule has 1 N–H and O–H groups in total. The third-order valence-electron chi connectivity index (χ3n) is 6.22. The largest absolute Gasteiger partial charge is 0.479 e. The first-order valence-corrected chi connectivity index (χ1v) is 11.6. The number of hydrogen-bond donors (Lipinski definition) is 1. The first-order valence-electron chi connectivity index (χ1n) is 11.2. The molecule has 0 spiro atoms. The van der Waals surface area contributed by atoms with Gasteiger partial charge < -0.3 is 19.1 Å². The smallest absolute Gasteiger partial charge is 0.337 e. The minimum absolute atomic E-state index is 0.454. The predicted octanol–water partition coefficient (Wildman–Crippen LogP) is 5.87. The second-order valence-electron chi connectivity index (χ2n) is 9.86. The molecule has 7 heteroatoms. The molecule has 1 aliphatic heterocycles. The molecule has 0 aliphatic carbocycles. The Hall–Kier alpha value is -2.41. The van der Waals surface area contributed by atoms with Crippen LogP contribution in [0.1, 0.15) is 49.4 Å². The van der Waals surface area contributed by atoms with Crippen molar-refractivity contribution in [2.24, 2.45) is 5.92 Å². The molecule has 0 bridgehead atoms. The fourth-order valence-corrected chi connectivity index (χ4v) is 4.62. The van der Waals surface area contributed by atoms with Gasteiger partial charge in [-0.05, 0) is 64.8 Å². The lowest BCUT2D eigenvalue weighted by Crippen LogP contribution is -2.31. The van der Waals surface area contributed by atoms with E-state index in [1.165, 1.54) is 0 Å². The molecular weight excluding hydrogens is 440 g/mol. The van der Waals surface area contributed by atoms with Crippen molar-refractivity contribution in [3.8, 4) is 11.1 Å². The van der Waals surface area contributed by atoms with E-state index in [9.17, 15) is 9.90 Å². The number of pyridine rings is 1. The Morgan fingerprint density at radius 3 is 2.39 bits per heavy atom. The quantitative estimate of drug-likeness (QED) is 0.487. The van der Waals surface area contributed by atoms with Crippen LogP contribution in [-0.4, -0.2) is 39.4 Å². The molecule has 1 saturated heterocycles. The Morgan fingerprint density at radius 1 is 1.24 bits per heavy atom. The molecule has 33 heavy (non-hydrogen) atoms. The van der Waals surface area contributed by atoms with E-state index in [1.54, 1.807) is 0 Å². The fraction of sp³-hybridized carbons (Fsp3) is 0.462. The lowest BCUT2D eigenvalue weighted by molar-refractivity contribution is -0.160. The molecule has 3 aromatic rings. The monoisotopic (exact) mass is 470 g/mol. The van der Waals surface area contributed by atoms with E-state index in [-0.39, 0.29) is 0 Å². The number of benzene rings is 1. The Balaban J connectivity index is 2.06. The van der Waals surface area contributed by atoms with Gasteiger partial charge in [0.2, 0.25) is 0 Å². The van der Waals surface area contributed by atoms with Gasteiger partial charge in [0.1, 0.15) is 5.65 Å². The number of aliphatic carboxylic acids is 1. The molecular formula is C26H31ClN2O4. The minimum atomic E-state index is -1.16. The zero-order valence-corrected chi connectivity index (χ0v) is 20.8. The van der Waals surface area contributed by atoms with E-state index in [0.29, 0.717) is 22.2 Å². The molecule has 4 rings (SSSR count). The molecule has 2 aromatic heterocycles. The second kappa shape index (κ2) is 8.75. The number of fused-ring (bicyclic) bond motifs is 1. The van der Waals surface area contributed by atoms with Crippen molar-refractivity contribution < 1.29 is 19.4 Å². The SMILES string of the molecule is Cc1nc2c(c(C)c(C)n2CC2COC2)c(-c2ccc(Cl)cc2)c1[C@H](OC(C)(C)C)C(=O)O. The number of carbonyl (C=O) groups is 1. The normalized spacial score (nSPS) is 15.6. The number of halogens is 1. The van der Waals surface area contributed by atoms with Crippen molar-refractivity contribution in [1.29, 1.82) is 0 Å². The van der Waals surface area contributed by atoms with Gasteiger partial charge in [0.25, 0.3) is 0 Å². The zero-order chi connectivity index (χ0) is 24.1. The van der Waals surface area contributed by atoms with E-state index in [1.807, 2.05) is 52.0 Å². The highest BCUT2D eigenvalue weighted by atomic mass is 35.5. The molecule has 0 amide bonds. The van der Waals surface area contributed by atoms with Crippen molar-refractivity contribution >= 4 is 28.6 Å².